The zero-order valence-corrected chi connectivity index (χ0v) is 9.50. The van der Waals surface area contributed by atoms with Crippen LogP contribution in [0.5, 0.6) is 0 Å². The number of carboxylic acid groups (broad SMARTS) is 1. The van der Waals surface area contributed by atoms with Crippen molar-refractivity contribution >= 4 is 12.1 Å². The molecule has 0 aromatic carbocycles. The summed E-state index contributed by atoms with van der Waals surface area (Å²) in [6.45, 7) is 2.09. The maximum atomic E-state index is 11.8. The smallest absolute Gasteiger partial charge is 0.407 e. The van der Waals surface area contributed by atoms with Gasteiger partial charge in [0.05, 0.1) is 6.61 Å². The molecule has 0 spiro atoms. The second-order valence-corrected chi connectivity index (χ2v) is 3.81. The first kappa shape index (κ1) is 13.1. The van der Waals surface area contributed by atoms with Crippen LogP contribution in [-0.2, 0) is 9.53 Å². The number of amides is 1. The van der Waals surface area contributed by atoms with Gasteiger partial charge < -0.3 is 14.7 Å². The van der Waals surface area contributed by atoms with Crippen LogP contribution in [0.1, 0.15) is 19.8 Å². The molecule has 0 aliphatic carbocycles. The third-order valence-electron chi connectivity index (χ3n) is 2.57. The molecule has 1 fully saturated rings. The van der Waals surface area contributed by atoms with Gasteiger partial charge in [-0.1, -0.05) is 12.0 Å². The average molecular weight is 242 g/mol. The van der Waals surface area contributed by atoms with E-state index >= 15 is 0 Å². The maximum Gasteiger partial charge on any atom is 0.407 e. The number of rotatable bonds is 4. The highest BCUT2D eigenvalue weighted by Gasteiger charge is 2.47. The minimum absolute atomic E-state index is 0.144. The lowest BCUT2D eigenvalue weighted by Crippen LogP contribution is -2.42. The third-order valence-corrected chi connectivity index (χ3v) is 2.57. The van der Waals surface area contributed by atoms with Crippen LogP contribution in [-0.4, -0.2) is 47.3 Å². The molecule has 1 atom stereocenters. The topological polar surface area (TPSA) is 116 Å². The monoisotopic (exact) mass is 242 g/mol. The quantitative estimate of drug-likeness (QED) is 0.347. The summed E-state index contributed by atoms with van der Waals surface area (Å²) in [6.07, 6.45) is -0.324. The van der Waals surface area contributed by atoms with Crippen molar-refractivity contribution in [3.63, 3.8) is 0 Å². The summed E-state index contributed by atoms with van der Waals surface area (Å²) in [7, 11) is 0. The number of carbonyl (C=O) groups excluding carboxylic acids is 1. The van der Waals surface area contributed by atoms with E-state index in [-0.39, 0.29) is 26.1 Å². The van der Waals surface area contributed by atoms with Crippen molar-refractivity contribution in [3.05, 3.63) is 10.4 Å². The first-order chi connectivity index (χ1) is 8.05. The van der Waals surface area contributed by atoms with E-state index in [0.717, 1.165) is 4.90 Å². The number of hydrogen-bond donors (Lipinski definition) is 1. The standard InChI is InChI=1S/C9H14N4O4/c1-2-5-17-7(14)9(11-12-10)3-4-13(6-9)8(15)16/h2-6H2,1H3,(H,15,16). The van der Waals surface area contributed by atoms with Crippen LogP contribution in [0.4, 0.5) is 4.79 Å². The second kappa shape index (κ2) is 5.40. The van der Waals surface area contributed by atoms with E-state index in [9.17, 15) is 9.59 Å². The lowest BCUT2D eigenvalue weighted by Gasteiger charge is -2.20. The van der Waals surface area contributed by atoms with Gasteiger partial charge in [0.15, 0.2) is 5.54 Å². The molecule has 1 N–H and O–H groups in total. The summed E-state index contributed by atoms with van der Waals surface area (Å²) in [5.74, 6) is -0.652. The Balaban J connectivity index is 2.81. The van der Waals surface area contributed by atoms with Crippen LogP contribution >= 0.6 is 0 Å². The summed E-state index contributed by atoms with van der Waals surface area (Å²) in [5, 5.41) is 12.3. The predicted molar refractivity (Wildman–Crippen MR) is 57.3 cm³/mol. The largest absolute Gasteiger partial charge is 0.465 e. The number of likely N-dealkylation sites (tertiary alicyclic amines) is 1. The van der Waals surface area contributed by atoms with Gasteiger partial charge >= 0.3 is 12.1 Å². The molecule has 1 aliphatic rings. The molecule has 1 saturated heterocycles. The van der Waals surface area contributed by atoms with Crippen molar-refractivity contribution in [2.24, 2.45) is 5.11 Å². The van der Waals surface area contributed by atoms with Gasteiger partial charge in [-0.3, -0.25) is 4.79 Å². The molecular weight excluding hydrogens is 228 g/mol. The molecule has 8 heteroatoms. The van der Waals surface area contributed by atoms with Crippen LogP contribution in [0, 0.1) is 0 Å². The van der Waals surface area contributed by atoms with E-state index in [0.29, 0.717) is 6.42 Å². The Morgan fingerprint density at radius 2 is 2.35 bits per heavy atom. The Bertz CT molecular complexity index is 366. The highest BCUT2D eigenvalue weighted by Crippen LogP contribution is 2.27. The fourth-order valence-corrected chi connectivity index (χ4v) is 1.66. The number of ether oxygens (including phenoxy) is 1. The van der Waals surface area contributed by atoms with Crippen LogP contribution < -0.4 is 0 Å². The highest BCUT2D eigenvalue weighted by atomic mass is 16.5. The Hall–Kier alpha value is -1.95. The van der Waals surface area contributed by atoms with Crippen molar-refractivity contribution in [1.82, 2.24) is 4.90 Å². The minimum Gasteiger partial charge on any atom is -0.465 e. The average Bonchev–Trinajstić information content (AvgIpc) is 2.72. The van der Waals surface area contributed by atoms with E-state index in [1.807, 2.05) is 6.92 Å². The molecule has 1 rings (SSSR count). The summed E-state index contributed by atoms with van der Waals surface area (Å²) in [5.41, 5.74) is 7.08. The van der Waals surface area contributed by atoms with E-state index < -0.39 is 17.6 Å². The van der Waals surface area contributed by atoms with Crippen molar-refractivity contribution < 1.29 is 19.4 Å². The summed E-state index contributed by atoms with van der Waals surface area (Å²) in [4.78, 5) is 26.2. The molecule has 1 unspecified atom stereocenters. The van der Waals surface area contributed by atoms with Crippen LogP contribution in [0.2, 0.25) is 0 Å². The molecule has 17 heavy (non-hydrogen) atoms. The molecule has 0 bridgehead atoms. The summed E-state index contributed by atoms with van der Waals surface area (Å²) in [6, 6.07) is 0. The summed E-state index contributed by atoms with van der Waals surface area (Å²) >= 11 is 0. The zero-order chi connectivity index (χ0) is 12.9. The zero-order valence-electron chi connectivity index (χ0n) is 9.50. The first-order valence-corrected chi connectivity index (χ1v) is 5.27. The van der Waals surface area contributed by atoms with E-state index in [2.05, 4.69) is 10.0 Å². The van der Waals surface area contributed by atoms with Gasteiger partial charge in [0, 0.05) is 18.0 Å². The fraction of sp³-hybridized carbons (Fsp3) is 0.778. The van der Waals surface area contributed by atoms with Crippen molar-refractivity contribution in [1.29, 1.82) is 0 Å². The number of azide groups is 1. The van der Waals surface area contributed by atoms with Crippen molar-refractivity contribution in [2.45, 2.75) is 25.3 Å². The van der Waals surface area contributed by atoms with E-state index in [1.54, 1.807) is 0 Å². The normalized spacial score (nSPS) is 23.0. The predicted octanol–water partition coefficient (Wildman–Crippen LogP) is 1.37. The molecule has 1 heterocycles. The molecule has 0 saturated carbocycles. The molecule has 1 aliphatic heterocycles. The fourth-order valence-electron chi connectivity index (χ4n) is 1.66. The number of nitrogens with zero attached hydrogens (tertiary/aromatic N) is 4. The van der Waals surface area contributed by atoms with Crippen LogP contribution in [0.3, 0.4) is 0 Å². The molecule has 1 amide bonds. The van der Waals surface area contributed by atoms with Gasteiger partial charge in [-0.05, 0) is 18.4 Å². The van der Waals surface area contributed by atoms with Gasteiger partial charge in [-0.15, -0.1) is 0 Å². The number of esters is 1. The van der Waals surface area contributed by atoms with E-state index in [4.69, 9.17) is 15.4 Å². The summed E-state index contributed by atoms with van der Waals surface area (Å²) < 4.78 is 4.94. The van der Waals surface area contributed by atoms with Gasteiger partial charge in [0.25, 0.3) is 0 Å². The molecule has 0 aromatic heterocycles. The number of carbonyl (C=O) groups is 2. The van der Waals surface area contributed by atoms with Crippen LogP contribution in [0.25, 0.3) is 10.4 Å². The lowest BCUT2D eigenvalue weighted by molar-refractivity contribution is -0.149. The molecule has 8 nitrogen and oxygen atoms in total. The second-order valence-electron chi connectivity index (χ2n) is 3.81. The Kier molecular flexibility index (Phi) is 4.17. The Labute approximate surface area is 97.8 Å². The molecular formula is C9H14N4O4. The van der Waals surface area contributed by atoms with Crippen molar-refractivity contribution in [2.75, 3.05) is 19.7 Å². The van der Waals surface area contributed by atoms with Crippen molar-refractivity contribution in [3.8, 4) is 0 Å². The van der Waals surface area contributed by atoms with Gasteiger partial charge in [0.1, 0.15) is 0 Å². The van der Waals surface area contributed by atoms with Gasteiger partial charge in [0.2, 0.25) is 0 Å². The number of hydrogen-bond acceptors (Lipinski definition) is 4. The third kappa shape index (κ3) is 2.79. The SMILES string of the molecule is CCCOC(=O)C1(N=[N+]=[N-])CCN(C(=O)O)C1. The van der Waals surface area contributed by atoms with Gasteiger partial charge in [-0.25, -0.2) is 4.79 Å². The first-order valence-electron chi connectivity index (χ1n) is 5.27. The minimum atomic E-state index is -1.40. The molecule has 94 valence electrons. The van der Waals surface area contributed by atoms with Crippen LogP contribution in [0.15, 0.2) is 5.11 Å². The molecule has 0 radical (unpaired) electrons. The van der Waals surface area contributed by atoms with E-state index in [1.165, 1.54) is 0 Å². The maximum absolute atomic E-state index is 11.8. The Morgan fingerprint density at radius 1 is 1.65 bits per heavy atom. The Morgan fingerprint density at radius 3 is 2.82 bits per heavy atom. The highest BCUT2D eigenvalue weighted by molar-refractivity contribution is 5.83. The van der Waals surface area contributed by atoms with Gasteiger partial charge in [-0.2, -0.15) is 0 Å². The lowest BCUT2D eigenvalue weighted by atomic mass is 10.0. The molecule has 0 aromatic rings.